The lowest BCUT2D eigenvalue weighted by atomic mass is 10.3. The summed E-state index contributed by atoms with van der Waals surface area (Å²) in [5.41, 5.74) is 5.70. The molecule has 1 aromatic carbocycles. The van der Waals surface area contributed by atoms with Crippen molar-refractivity contribution >= 4 is 38.9 Å². The van der Waals surface area contributed by atoms with E-state index in [1.165, 1.54) is 19.2 Å². The van der Waals surface area contributed by atoms with E-state index in [0.29, 0.717) is 0 Å². The summed E-state index contributed by atoms with van der Waals surface area (Å²) in [5.74, 6) is 0. The molecule has 0 aromatic heterocycles. The summed E-state index contributed by atoms with van der Waals surface area (Å²) in [6.45, 7) is 0.315. The highest BCUT2D eigenvalue weighted by molar-refractivity contribution is 7.89. The third-order valence-electron chi connectivity index (χ3n) is 2.65. The third-order valence-corrected chi connectivity index (χ3v) is 5.30. The Morgan fingerprint density at radius 3 is 2.57 bits per heavy atom. The van der Waals surface area contributed by atoms with Gasteiger partial charge in [-0.05, 0) is 12.1 Å². The largest absolute Gasteiger partial charge is 0.398 e. The molecule has 0 fully saturated rings. The van der Waals surface area contributed by atoms with Crippen molar-refractivity contribution in [2.45, 2.75) is 11.3 Å². The van der Waals surface area contributed by atoms with Crippen LogP contribution in [0.15, 0.2) is 17.0 Å². The number of nitriles is 1. The monoisotopic (exact) mass is 351 g/mol. The Kier molecular flexibility index (Phi) is 6.71. The van der Waals surface area contributed by atoms with Gasteiger partial charge in [-0.2, -0.15) is 9.57 Å². The number of hydrogen-bond acceptors (Lipinski definition) is 5. The van der Waals surface area contributed by atoms with Gasteiger partial charge in [0, 0.05) is 31.6 Å². The third kappa shape index (κ3) is 4.46. The number of nitrogens with two attached hydrogens (primary N) is 1. The molecule has 0 radical (unpaired) electrons. The molecule has 0 atom stereocenters. The molecule has 0 unspecified atom stereocenters. The fourth-order valence-corrected chi connectivity index (χ4v) is 4.07. The van der Waals surface area contributed by atoms with Crippen LogP contribution < -0.4 is 5.73 Å². The number of nitrogens with zero attached hydrogens (tertiary/aromatic N) is 2. The fourth-order valence-electron chi connectivity index (χ4n) is 1.70. The molecule has 0 bridgehead atoms. The van der Waals surface area contributed by atoms with Gasteiger partial charge < -0.3 is 10.5 Å². The van der Waals surface area contributed by atoms with E-state index in [-0.39, 0.29) is 46.7 Å². The SMILES string of the molecule is COCCN(CCC#N)S(=O)(=O)c1c(N)cc(Cl)cc1Cl. The highest BCUT2D eigenvalue weighted by Crippen LogP contribution is 2.33. The maximum atomic E-state index is 12.7. The molecule has 2 N–H and O–H groups in total. The van der Waals surface area contributed by atoms with Gasteiger partial charge in [0.1, 0.15) is 4.90 Å². The van der Waals surface area contributed by atoms with Crippen LogP contribution in [0.25, 0.3) is 0 Å². The summed E-state index contributed by atoms with van der Waals surface area (Å²) in [6.07, 6.45) is 0.0497. The molecule has 9 heteroatoms. The Balaban J connectivity index is 3.25. The van der Waals surface area contributed by atoms with E-state index in [9.17, 15) is 8.42 Å². The smallest absolute Gasteiger partial charge is 0.246 e. The summed E-state index contributed by atoms with van der Waals surface area (Å²) < 4.78 is 31.3. The van der Waals surface area contributed by atoms with Gasteiger partial charge in [-0.15, -0.1) is 0 Å². The fraction of sp³-hybridized carbons (Fsp3) is 0.417. The number of sulfonamides is 1. The molecule has 0 aliphatic heterocycles. The summed E-state index contributed by atoms with van der Waals surface area (Å²) >= 11 is 11.7. The van der Waals surface area contributed by atoms with E-state index in [4.69, 9.17) is 38.9 Å². The van der Waals surface area contributed by atoms with E-state index >= 15 is 0 Å². The van der Waals surface area contributed by atoms with Crippen LogP contribution in [-0.4, -0.2) is 39.5 Å². The second-order valence-electron chi connectivity index (χ2n) is 4.11. The second kappa shape index (κ2) is 7.82. The van der Waals surface area contributed by atoms with Gasteiger partial charge in [0.2, 0.25) is 10.0 Å². The molecule has 0 saturated carbocycles. The number of hydrogen-bond donors (Lipinski definition) is 1. The van der Waals surface area contributed by atoms with Crippen LogP contribution in [0.3, 0.4) is 0 Å². The normalized spacial score (nSPS) is 11.6. The minimum atomic E-state index is -3.94. The lowest BCUT2D eigenvalue weighted by Gasteiger charge is -2.22. The van der Waals surface area contributed by atoms with Gasteiger partial charge >= 0.3 is 0 Å². The van der Waals surface area contributed by atoms with E-state index in [1.54, 1.807) is 0 Å². The first-order chi connectivity index (χ1) is 9.84. The molecular weight excluding hydrogens is 337 g/mol. The predicted octanol–water partition coefficient (Wildman–Crippen LogP) is 2.13. The molecule has 0 saturated heterocycles. The van der Waals surface area contributed by atoms with Crippen molar-refractivity contribution in [3.05, 3.63) is 22.2 Å². The average molecular weight is 352 g/mol. The van der Waals surface area contributed by atoms with Crippen LogP contribution in [0.5, 0.6) is 0 Å². The predicted molar refractivity (Wildman–Crippen MR) is 81.7 cm³/mol. The zero-order chi connectivity index (χ0) is 16.0. The number of methoxy groups -OCH3 is 1. The van der Waals surface area contributed by atoms with Crippen molar-refractivity contribution in [3.63, 3.8) is 0 Å². The van der Waals surface area contributed by atoms with Crippen LogP contribution in [0.4, 0.5) is 5.69 Å². The lowest BCUT2D eigenvalue weighted by Crippen LogP contribution is -2.35. The molecule has 1 aromatic rings. The van der Waals surface area contributed by atoms with Crippen LogP contribution >= 0.6 is 23.2 Å². The van der Waals surface area contributed by atoms with E-state index in [0.717, 1.165) is 4.31 Å². The van der Waals surface area contributed by atoms with E-state index in [2.05, 4.69) is 0 Å². The van der Waals surface area contributed by atoms with Crippen molar-refractivity contribution in [1.82, 2.24) is 4.31 Å². The topological polar surface area (TPSA) is 96.4 Å². The average Bonchev–Trinajstić information content (AvgIpc) is 2.36. The highest BCUT2D eigenvalue weighted by atomic mass is 35.5. The number of rotatable bonds is 7. The van der Waals surface area contributed by atoms with Gasteiger partial charge in [-0.3, -0.25) is 0 Å². The van der Waals surface area contributed by atoms with Crippen LogP contribution in [0.2, 0.25) is 10.0 Å². The molecule has 0 heterocycles. The van der Waals surface area contributed by atoms with Gasteiger partial charge in [0.05, 0.1) is 23.4 Å². The highest BCUT2D eigenvalue weighted by Gasteiger charge is 2.29. The zero-order valence-corrected chi connectivity index (χ0v) is 13.7. The summed E-state index contributed by atoms with van der Waals surface area (Å²) in [5, 5.41) is 8.84. The first kappa shape index (κ1) is 18.0. The molecule has 116 valence electrons. The van der Waals surface area contributed by atoms with Crippen molar-refractivity contribution in [2.24, 2.45) is 0 Å². The van der Waals surface area contributed by atoms with Gasteiger partial charge in [-0.25, -0.2) is 8.42 Å². The molecule has 21 heavy (non-hydrogen) atoms. The Bertz CT molecular complexity index is 621. The van der Waals surface area contributed by atoms with Crippen molar-refractivity contribution in [1.29, 1.82) is 5.26 Å². The van der Waals surface area contributed by atoms with Gasteiger partial charge in [-0.1, -0.05) is 23.2 Å². The molecule has 0 amide bonds. The van der Waals surface area contributed by atoms with Crippen molar-refractivity contribution in [2.75, 3.05) is 32.5 Å². The number of benzene rings is 1. The molecule has 0 aliphatic rings. The Morgan fingerprint density at radius 2 is 2.05 bits per heavy atom. The van der Waals surface area contributed by atoms with Gasteiger partial charge in [0.25, 0.3) is 0 Å². The summed E-state index contributed by atoms with van der Waals surface area (Å²) in [6, 6.07) is 4.53. The molecule has 6 nitrogen and oxygen atoms in total. The van der Waals surface area contributed by atoms with Crippen LogP contribution in [-0.2, 0) is 14.8 Å². The molecule has 0 aliphatic carbocycles. The van der Waals surface area contributed by atoms with E-state index in [1.807, 2.05) is 6.07 Å². The van der Waals surface area contributed by atoms with Crippen LogP contribution in [0.1, 0.15) is 6.42 Å². The number of anilines is 1. The Hall–Kier alpha value is -1.04. The number of halogens is 2. The van der Waals surface area contributed by atoms with Gasteiger partial charge in [0.15, 0.2) is 0 Å². The minimum Gasteiger partial charge on any atom is -0.398 e. The maximum absolute atomic E-state index is 12.7. The lowest BCUT2D eigenvalue weighted by molar-refractivity contribution is 0.179. The molecular formula is C12H15Cl2N3O3S. The first-order valence-corrected chi connectivity index (χ1v) is 8.14. The molecule has 0 spiro atoms. The zero-order valence-electron chi connectivity index (χ0n) is 11.3. The maximum Gasteiger partial charge on any atom is 0.246 e. The molecule has 1 rings (SSSR count). The minimum absolute atomic E-state index is 0.0284. The quantitative estimate of drug-likeness (QED) is 0.759. The summed E-state index contributed by atoms with van der Waals surface area (Å²) in [4.78, 5) is -0.206. The summed E-state index contributed by atoms with van der Waals surface area (Å²) in [7, 11) is -2.48. The van der Waals surface area contributed by atoms with E-state index < -0.39 is 10.0 Å². The standard InChI is InChI=1S/C12H15Cl2N3O3S/c1-20-6-5-17(4-2-3-15)21(18,19)12-10(14)7-9(13)8-11(12)16/h7-8H,2,4-6,16H2,1H3. The first-order valence-electron chi connectivity index (χ1n) is 5.95. The Labute approximate surface area is 134 Å². The number of ether oxygens (including phenoxy) is 1. The van der Waals surface area contributed by atoms with Crippen molar-refractivity contribution < 1.29 is 13.2 Å². The van der Waals surface area contributed by atoms with Crippen molar-refractivity contribution in [3.8, 4) is 6.07 Å². The second-order valence-corrected chi connectivity index (χ2v) is 6.83. The Morgan fingerprint density at radius 1 is 1.38 bits per heavy atom. The number of nitrogen functional groups attached to an aromatic ring is 1. The van der Waals surface area contributed by atoms with Crippen LogP contribution in [0, 0.1) is 11.3 Å².